The van der Waals surface area contributed by atoms with E-state index >= 15 is 0 Å². The molecule has 0 aliphatic rings. The number of H-pyrrole nitrogens is 1. The number of pyridine rings is 2. The molecule has 0 fully saturated rings. The maximum atomic E-state index is 4.47. The fourth-order valence-corrected chi connectivity index (χ4v) is 2.34. The lowest BCUT2D eigenvalue weighted by Gasteiger charge is -1.97. The van der Waals surface area contributed by atoms with E-state index in [1.807, 2.05) is 44.4 Å². The highest BCUT2D eigenvalue weighted by Crippen LogP contribution is 2.29. The van der Waals surface area contributed by atoms with Gasteiger partial charge in [0.05, 0.1) is 27.5 Å². The van der Waals surface area contributed by atoms with E-state index in [-0.39, 0.29) is 0 Å². The first-order valence-electron chi connectivity index (χ1n) is 6.53. The molecule has 0 saturated carbocycles. The van der Waals surface area contributed by atoms with Crippen molar-refractivity contribution in [3.05, 3.63) is 48.8 Å². The van der Waals surface area contributed by atoms with Crippen molar-refractivity contribution < 1.29 is 0 Å². The Hall–Kier alpha value is -2.42. The van der Waals surface area contributed by atoms with Crippen LogP contribution in [0.25, 0.3) is 32.8 Å². The first kappa shape index (κ1) is 11.7. The largest absolute Gasteiger partial charge is 0.353 e. The molecule has 1 aromatic carbocycles. The summed E-state index contributed by atoms with van der Waals surface area (Å²) in [5.41, 5.74) is 4.15. The number of hydrogen-bond acceptors (Lipinski definition) is 2. The Labute approximate surface area is 111 Å². The molecule has 94 valence electrons. The fourth-order valence-electron chi connectivity index (χ4n) is 2.34. The number of nitrogens with one attached hydrogen (secondary N) is 1. The molecule has 3 heterocycles. The average Bonchev–Trinajstić information content (AvgIpc) is 2.88. The fraction of sp³-hybridized carbons (Fsp3) is 0.125. The first-order valence-corrected chi connectivity index (χ1v) is 6.53. The molecule has 3 heteroatoms. The highest BCUT2D eigenvalue weighted by atomic mass is 14.8. The first-order chi connectivity index (χ1) is 9.43. The zero-order valence-corrected chi connectivity index (χ0v) is 11.0. The third-order valence-electron chi connectivity index (χ3n) is 3.09. The van der Waals surface area contributed by atoms with Crippen molar-refractivity contribution in [2.24, 2.45) is 0 Å². The summed E-state index contributed by atoms with van der Waals surface area (Å²) in [6.07, 6.45) is 3.64. The number of hydrogen-bond donors (Lipinski definition) is 1. The van der Waals surface area contributed by atoms with Gasteiger partial charge in [-0.3, -0.25) is 9.97 Å². The highest BCUT2D eigenvalue weighted by Gasteiger charge is 2.08. The van der Waals surface area contributed by atoms with Crippen LogP contribution in [0.2, 0.25) is 0 Å². The summed E-state index contributed by atoms with van der Waals surface area (Å²) in [4.78, 5) is 12.3. The van der Waals surface area contributed by atoms with E-state index in [0.717, 1.165) is 32.8 Å². The van der Waals surface area contributed by atoms with Crippen molar-refractivity contribution in [2.45, 2.75) is 13.8 Å². The van der Waals surface area contributed by atoms with Crippen molar-refractivity contribution in [3.8, 4) is 0 Å². The van der Waals surface area contributed by atoms with Gasteiger partial charge in [0.15, 0.2) is 0 Å². The molecule has 0 radical (unpaired) electrons. The lowest BCUT2D eigenvalue weighted by Crippen LogP contribution is -1.79. The van der Waals surface area contributed by atoms with Gasteiger partial charge in [-0.15, -0.1) is 0 Å². The van der Waals surface area contributed by atoms with Crippen molar-refractivity contribution in [3.63, 3.8) is 0 Å². The Morgan fingerprint density at radius 2 is 1.53 bits per heavy atom. The minimum atomic E-state index is 0.992. The number of aromatic amines is 1. The lowest BCUT2D eigenvalue weighted by atomic mass is 10.1. The zero-order valence-electron chi connectivity index (χ0n) is 11.0. The van der Waals surface area contributed by atoms with Crippen LogP contribution in [0.1, 0.15) is 13.8 Å². The van der Waals surface area contributed by atoms with Crippen molar-refractivity contribution in [1.29, 1.82) is 0 Å². The Morgan fingerprint density at radius 1 is 0.789 bits per heavy atom. The van der Waals surface area contributed by atoms with Crippen LogP contribution in [0.3, 0.4) is 0 Å². The average molecular weight is 249 g/mol. The maximum absolute atomic E-state index is 4.47. The van der Waals surface area contributed by atoms with E-state index < -0.39 is 0 Å². The molecule has 19 heavy (non-hydrogen) atoms. The molecule has 4 rings (SSSR count). The van der Waals surface area contributed by atoms with Gasteiger partial charge in [0, 0.05) is 17.8 Å². The van der Waals surface area contributed by atoms with Crippen LogP contribution in [0, 0.1) is 0 Å². The molecule has 0 spiro atoms. The van der Waals surface area contributed by atoms with Crippen molar-refractivity contribution >= 4 is 32.8 Å². The van der Waals surface area contributed by atoms with E-state index in [4.69, 9.17) is 0 Å². The summed E-state index contributed by atoms with van der Waals surface area (Å²) in [5.74, 6) is 0. The summed E-state index contributed by atoms with van der Waals surface area (Å²) in [6.45, 7) is 4.00. The van der Waals surface area contributed by atoms with Gasteiger partial charge in [-0.05, 0) is 24.3 Å². The Bertz CT molecular complexity index is 840. The second-order valence-electron chi connectivity index (χ2n) is 4.09. The summed E-state index contributed by atoms with van der Waals surface area (Å²) in [7, 11) is 0. The van der Waals surface area contributed by atoms with Gasteiger partial charge < -0.3 is 4.98 Å². The predicted octanol–water partition coefficient (Wildman–Crippen LogP) is 4.29. The van der Waals surface area contributed by atoms with Gasteiger partial charge in [-0.2, -0.15) is 0 Å². The number of rotatable bonds is 0. The third-order valence-corrected chi connectivity index (χ3v) is 3.09. The van der Waals surface area contributed by atoms with Crippen LogP contribution < -0.4 is 0 Å². The molecule has 0 aliphatic carbocycles. The van der Waals surface area contributed by atoms with Gasteiger partial charge in [-0.25, -0.2) is 0 Å². The van der Waals surface area contributed by atoms with Crippen LogP contribution >= 0.6 is 0 Å². The van der Waals surface area contributed by atoms with Crippen LogP contribution in [0.4, 0.5) is 0 Å². The van der Waals surface area contributed by atoms with E-state index in [1.54, 1.807) is 0 Å². The summed E-state index contributed by atoms with van der Waals surface area (Å²) in [6, 6.07) is 12.2. The molecule has 0 amide bonds. The van der Waals surface area contributed by atoms with E-state index in [0.29, 0.717) is 0 Å². The van der Waals surface area contributed by atoms with Crippen molar-refractivity contribution in [1.82, 2.24) is 15.0 Å². The molecule has 0 bridgehead atoms. The monoisotopic (exact) mass is 249 g/mol. The van der Waals surface area contributed by atoms with Crippen LogP contribution in [-0.4, -0.2) is 15.0 Å². The minimum Gasteiger partial charge on any atom is -0.353 e. The minimum absolute atomic E-state index is 0.992. The van der Waals surface area contributed by atoms with Gasteiger partial charge in [0.2, 0.25) is 0 Å². The maximum Gasteiger partial charge on any atom is 0.0979 e. The van der Waals surface area contributed by atoms with Crippen LogP contribution in [-0.2, 0) is 0 Å². The lowest BCUT2D eigenvalue weighted by molar-refractivity contribution is 1.41. The third kappa shape index (κ3) is 1.74. The second-order valence-corrected chi connectivity index (χ2v) is 4.09. The number of fused-ring (bicyclic) bond motifs is 5. The number of aromatic nitrogens is 3. The van der Waals surface area contributed by atoms with E-state index in [1.165, 1.54) is 0 Å². The van der Waals surface area contributed by atoms with Gasteiger partial charge >= 0.3 is 0 Å². The number of nitrogens with zero attached hydrogens (tertiary/aromatic N) is 2. The molecule has 0 atom stereocenters. The molecule has 0 unspecified atom stereocenters. The molecular weight excluding hydrogens is 234 g/mol. The van der Waals surface area contributed by atoms with Crippen LogP contribution in [0.5, 0.6) is 0 Å². The molecule has 1 N–H and O–H groups in total. The standard InChI is InChI=1S/C14H9N3.C2H6/c1-3-9-5-6-10-12(13(9)15-7-1)14-11(17-10)4-2-8-16-14;1-2/h1-8,17H;1-2H3. The van der Waals surface area contributed by atoms with Gasteiger partial charge in [-0.1, -0.05) is 26.0 Å². The van der Waals surface area contributed by atoms with E-state index in [2.05, 4.69) is 33.2 Å². The van der Waals surface area contributed by atoms with Gasteiger partial charge in [0.1, 0.15) is 0 Å². The smallest absolute Gasteiger partial charge is 0.0979 e. The molecule has 0 saturated heterocycles. The molecular formula is C16H15N3. The van der Waals surface area contributed by atoms with E-state index in [9.17, 15) is 0 Å². The van der Waals surface area contributed by atoms with Gasteiger partial charge in [0.25, 0.3) is 0 Å². The topological polar surface area (TPSA) is 41.6 Å². The summed E-state index contributed by atoms with van der Waals surface area (Å²) < 4.78 is 0. The Balaban J connectivity index is 0.000000528. The Kier molecular flexibility index (Phi) is 2.88. The van der Waals surface area contributed by atoms with Crippen molar-refractivity contribution in [2.75, 3.05) is 0 Å². The second kappa shape index (κ2) is 4.69. The molecule has 0 aliphatic heterocycles. The normalized spacial score (nSPS) is 10.6. The summed E-state index contributed by atoms with van der Waals surface area (Å²) >= 11 is 0. The quantitative estimate of drug-likeness (QED) is 0.505. The summed E-state index contributed by atoms with van der Waals surface area (Å²) in [5, 5.41) is 2.25. The predicted molar refractivity (Wildman–Crippen MR) is 80.2 cm³/mol. The molecule has 3 aromatic heterocycles. The highest BCUT2D eigenvalue weighted by molar-refractivity contribution is 6.17. The molecule has 3 nitrogen and oxygen atoms in total. The zero-order chi connectivity index (χ0) is 13.2. The Morgan fingerprint density at radius 3 is 2.37 bits per heavy atom. The number of benzene rings is 1. The SMILES string of the molecule is CC.c1cnc2c(c1)ccc1[nH]c3cccnc3c12. The molecule has 4 aromatic rings. The van der Waals surface area contributed by atoms with Crippen LogP contribution in [0.15, 0.2) is 48.8 Å².